The molecule has 0 saturated carbocycles. The van der Waals surface area contributed by atoms with Gasteiger partial charge in [-0.2, -0.15) is 0 Å². The highest BCUT2D eigenvalue weighted by atomic mass is 35.5. The molecule has 5 rings (SSSR count). The number of hydrogen-bond acceptors (Lipinski definition) is 10. The van der Waals surface area contributed by atoms with Gasteiger partial charge in [-0.15, -0.1) is 10.2 Å². The lowest BCUT2D eigenvalue weighted by atomic mass is 9.75. The van der Waals surface area contributed by atoms with Crippen LogP contribution in [0.3, 0.4) is 0 Å². The van der Waals surface area contributed by atoms with Crippen molar-refractivity contribution in [1.29, 1.82) is 0 Å². The van der Waals surface area contributed by atoms with E-state index < -0.39 is 29.2 Å². The van der Waals surface area contributed by atoms with Crippen molar-refractivity contribution in [3.63, 3.8) is 0 Å². The van der Waals surface area contributed by atoms with E-state index in [1.807, 2.05) is 0 Å². The molecule has 11 heteroatoms. The van der Waals surface area contributed by atoms with E-state index in [1.54, 1.807) is 13.8 Å². The van der Waals surface area contributed by atoms with Gasteiger partial charge in [0.15, 0.2) is 17.8 Å². The standard InChI is InChI=1S/C24H25ClN2O8/c1-11-8-13(28)9-16(29)24(11)21(30)18-15(31-3)10-14(19(25)20(18)35-24)23-27-26-22(34-23)12(2)33-17-6-4-5-7-32-17/h9-12,17,29H,4-8H2,1-3H3/t11-,12?,17?,24+/m1/s1. The first-order chi connectivity index (χ1) is 16.8. The van der Waals surface area contributed by atoms with Gasteiger partial charge in [0.25, 0.3) is 0 Å². The molecule has 2 unspecified atom stereocenters. The zero-order valence-corrected chi connectivity index (χ0v) is 20.3. The minimum atomic E-state index is -1.76. The largest absolute Gasteiger partial charge is 0.507 e. The normalized spacial score (nSPS) is 26.9. The maximum Gasteiger partial charge on any atom is 0.249 e. The summed E-state index contributed by atoms with van der Waals surface area (Å²) in [6.07, 6.45) is 3.02. The van der Waals surface area contributed by atoms with Gasteiger partial charge in [0.05, 0.1) is 17.7 Å². The smallest absolute Gasteiger partial charge is 0.249 e. The third-order valence-corrected chi connectivity index (χ3v) is 7.00. The molecule has 0 bridgehead atoms. The molecule has 1 N–H and O–H groups in total. The van der Waals surface area contributed by atoms with Crippen LogP contribution in [0.4, 0.5) is 0 Å². The maximum atomic E-state index is 13.5. The lowest BCUT2D eigenvalue weighted by molar-refractivity contribution is -0.190. The molecule has 186 valence electrons. The van der Waals surface area contributed by atoms with Crippen molar-refractivity contribution in [2.45, 2.75) is 57.5 Å². The van der Waals surface area contributed by atoms with Gasteiger partial charge < -0.3 is 28.5 Å². The number of aromatic nitrogens is 2. The van der Waals surface area contributed by atoms with Gasteiger partial charge in [0.2, 0.25) is 23.2 Å². The zero-order valence-electron chi connectivity index (χ0n) is 19.5. The molecule has 10 nitrogen and oxygen atoms in total. The van der Waals surface area contributed by atoms with Crippen molar-refractivity contribution >= 4 is 23.2 Å². The zero-order chi connectivity index (χ0) is 24.9. The summed E-state index contributed by atoms with van der Waals surface area (Å²) < 4.78 is 28.9. The van der Waals surface area contributed by atoms with Crippen LogP contribution < -0.4 is 9.47 Å². The first-order valence-electron chi connectivity index (χ1n) is 11.4. The average Bonchev–Trinajstić information content (AvgIpc) is 3.44. The summed E-state index contributed by atoms with van der Waals surface area (Å²) in [5.74, 6) is -1.41. The highest BCUT2D eigenvalue weighted by Crippen LogP contribution is 2.53. The fourth-order valence-electron chi connectivity index (χ4n) is 4.75. The average molecular weight is 505 g/mol. The van der Waals surface area contributed by atoms with Gasteiger partial charge in [-0.3, -0.25) is 9.59 Å². The van der Waals surface area contributed by atoms with E-state index >= 15 is 0 Å². The summed E-state index contributed by atoms with van der Waals surface area (Å²) in [5, 5.41) is 18.9. The molecule has 0 amide bonds. The number of ketones is 2. The summed E-state index contributed by atoms with van der Waals surface area (Å²) in [6, 6.07) is 1.51. The Morgan fingerprint density at radius 1 is 1.29 bits per heavy atom. The quantitative estimate of drug-likeness (QED) is 0.626. The molecule has 3 aliphatic rings. The van der Waals surface area contributed by atoms with Crippen LogP contribution in [0.1, 0.15) is 61.9 Å². The van der Waals surface area contributed by atoms with Crippen LogP contribution in [-0.4, -0.2) is 52.5 Å². The summed E-state index contributed by atoms with van der Waals surface area (Å²) in [4.78, 5) is 25.4. The number of hydrogen-bond donors (Lipinski definition) is 1. The second-order valence-electron chi connectivity index (χ2n) is 8.93. The Hall–Kier alpha value is -2.95. The van der Waals surface area contributed by atoms with Crippen LogP contribution in [0, 0.1) is 5.92 Å². The van der Waals surface area contributed by atoms with Gasteiger partial charge >= 0.3 is 0 Å². The minimum Gasteiger partial charge on any atom is -0.507 e. The lowest BCUT2D eigenvalue weighted by Gasteiger charge is -2.34. The van der Waals surface area contributed by atoms with E-state index in [4.69, 9.17) is 35.0 Å². The second kappa shape index (κ2) is 8.92. The van der Waals surface area contributed by atoms with E-state index in [9.17, 15) is 14.7 Å². The molecule has 0 radical (unpaired) electrons. The summed E-state index contributed by atoms with van der Waals surface area (Å²) >= 11 is 6.67. The molecular weight excluding hydrogens is 480 g/mol. The van der Waals surface area contributed by atoms with E-state index in [1.165, 1.54) is 13.2 Å². The second-order valence-corrected chi connectivity index (χ2v) is 9.31. The Kier molecular flexibility index (Phi) is 6.06. The molecule has 1 aliphatic carbocycles. The summed E-state index contributed by atoms with van der Waals surface area (Å²) in [7, 11) is 1.40. The van der Waals surface area contributed by atoms with Crippen molar-refractivity contribution in [3.05, 3.63) is 34.4 Å². The van der Waals surface area contributed by atoms with Crippen molar-refractivity contribution < 1.29 is 38.1 Å². The Labute approximate surface area is 206 Å². The van der Waals surface area contributed by atoms with Gasteiger partial charge in [-0.25, -0.2) is 0 Å². The SMILES string of the molecule is COc1cc(-c2nnc(C(C)OC3CCCCO3)o2)c(Cl)c2c1C(=O)[C@@]1(O2)C(O)=CC(=O)C[C@H]1C. The van der Waals surface area contributed by atoms with E-state index in [0.717, 1.165) is 25.3 Å². The predicted octanol–water partition coefficient (Wildman–Crippen LogP) is 4.37. The maximum absolute atomic E-state index is 13.5. The molecule has 1 aromatic heterocycles. The molecule has 2 aromatic rings. The molecule has 4 atom stereocenters. The van der Waals surface area contributed by atoms with E-state index in [2.05, 4.69) is 10.2 Å². The topological polar surface area (TPSA) is 130 Å². The molecule has 3 heterocycles. The molecule has 1 saturated heterocycles. The number of aliphatic hydroxyl groups is 1. The number of Topliss-reactive ketones (excluding diaryl/α,β-unsaturated/α-hetero) is 1. The number of fused-ring (bicyclic) bond motifs is 1. The fourth-order valence-corrected chi connectivity index (χ4v) is 5.02. The minimum absolute atomic E-state index is 0.0202. The molecule has 1 aromatic carbocycles. The fraction of sp³-hybridized carbons (Fsp3) is 0.500. The van der Waals surface area contributed by atoms with Crippen molar-refractivity contribution in [2.75, 3.05) is 13.7 Å². The highest BCUT2D eigenvalue weighted by molar-refractivity contribution is 6.36. The van der Waals surface area contributed by atoms with Crippen molar-refractivity contribution in [3.8, 4) is 23.0 Å². The predicted molar refractivity (Wildman–Crippen MR) is 122 cm³/mol. The van der Waals surface area contributed by atoms with Crippen LogP contribution in [0.5, 0.6) is 11.5 Å². The summed E-state index contributed by atoms with van der Waals surface area (Å²) in [6.45, 7) is 4.09. The number of allylic oxidation sites excluding steroid dienone is 1. The van der Waals surface area contributed by atoms with Crippen LogP contribution >= 0.6 is 11.6 Å². The molecule has 1 spiro atoms. The number of carbonyl (C=O) groups is 2. The lowest BCUT2D eigenvalue weighted by Crippen LogP contribution is -2.51. The van der Waals surface area contributed by atoms with Gasteiger partial charge in [-0.1, -0.05) is 18.5 Å². The number of rotatable bonds is 5. The first-order valence-corrected chi connectivity index (χ1v) is 11.8. The van der Waals surface area contributed by atoms with Crippen LogP contribution in [-0.2, 0) is 14.3 Å². The van der Waals surface area contributed by atoms with Crippen molar-refractivity contribution in [1.82, 2.24) is 10.2 Å². The number of aliphatic hydroxyl groups excluding tert-OH is 1. The van der Waals surface area contributed by atoms with Gasteiger partial charge in [0, 0.05) is 25.0 Å². The Balaban J connectivity index is 1.50. The number of methoxy groups -OCH3 is 1. The molecular formula is C24H25ClN2O8. The molecule has 2 aliphatic heterocycles. The Morgan fingerprint density at radius 3 is 2.77 bits per heavy atom. The Bertz CT molecular complexity index is 1220. The van der Waals surface area contributed by atoms with E-state index in [0.29, 0.717) is 6.61 Å². The third-order valence-electron chi connectivity index (χ3n) is 6.62. The first kappa shape index (κ1) is 23.8. The van der Waals surface area contributed by atoms with Gasteiger partial charge in [0.1, 0.15) is 23.2 Å². The Morgan fingerprint density at radius 2 is 2.09 bits per heavy atom. The van der Waals surface area contributed by atoms with Crippen LogP contribution in [0.25, 0.3) is 11.5 Å². The molecule has 1 fully saturated rings. The monoisotopic (exact) mass is 504 g/mol. The summed E-state index contributed by atoms with van der Waals surface area (Å²) in [5.41, 5.74) is -1.39. The third kappa shape index (κ3) is 3.80. The molecule has 35 heavy (non-hydrogen) atoms. The van der Waals surface area contributed by atoms with Gasteiger partial charge in [-0.05, 0) is 32.3 Å². The number of benzene rings is 1. The number of nitrogens with zero attached hydrogens (tertiary/aromatic N) is 2. The van der Waals surface area contributed by atoms with Crippen LogP contribution in [0.2, 0.25) is 5.02 Å². The van der Waals surface area contributed by atoms with Crippen LogP contribution in [0.15, 0.2) is 22.3 Å². The highest BCUT2D eigenvalue weighted by Gasteiger charge is 2.59. The number of ether oxygens (including phenoxy) is 4. The number of halogens is 1. The van der Waals surface area contributed by atoms with Crippen molar-refractivity contribution in [2.24, 2.45) is 5.92 Å². The van der Waals surface area contributed by atoms with E-state index in [-0.39, 0.29) is 57.9 Å². The number of carbonyl (C=O) groups excluding carboxylic acids is 2.